The van der Waals surface area contributed by atoms with Crippen molar-refractivity contribution in [3.63, 3.8) is 0 Å². The van der Waals surface area contributed by atoms with Gasteiger partial charge in [-0.2, -0.15) is 0 Å². The van der Waals surface area contributed by atoms with Crippen molar-refractivity contribution in [2.24, 2.45) is 4.99 Å². The van der Waals surface area contributed by atoms with Crippen LogP contribution in [0.3, 0.4) is 0 Å². The fraction of sp³-hybridized carbons (Fsp3) is 0.423. The minimum absolute atomic E-state index is 0.749. The first-order chi connectivity index (χ1) is 14.8. The van der Waals surface area contributed by atoms with E-state index < -0.39 is 0 Å². The number of benzene rings is 1. The van der Waals surface area contributed by atoms with Gasteiger partial charge in [0.05, 0.1) is 17.1 Å². The first-order valence-corrected chi connectivity index (χ1v) is 11.8. The summed E-state index contributed by atoms with van der Waals surface area (Å²) in [7, 11) is 0. The summed E-state index contributed by atoms with van der Waals surface area (Å²) in [6.07, 6.45) is 15.9. The molecule has 0 aliphatic carbocycles. The van der Waals surface area contributed by atoms with Crippen LogP contribution in [0.4, 0.5) is 0 Å². The van der Waals surface area contributed by atoms with Crippen molar-refractivity contribution < 1.29 is 0 Å². The molecule has 3 nitrogen and oxygen atoms in total. The Labute approximate surface area is 186 Å². The highest BCUT2D eigenvalue weighted by atomic mass is 35.5. The average Bonchev–Trinajstić information content (AvgIpc) is 3.43. The van der Waals surface area contributed by atoms with Gasteiger partial charge in [0.25, 0.3) is 0 Å². The Bertz CT molecular complexity index is 876. The van der Waals surface area contributed by atoms with Gasteiger partial charge in [0.1, 0.15) is 0 Å². The van der Waals surface area contributed by atoms with Crippen molar-refractivity contribution >= 4 is 17.8 Å². The van der Waals surface area contributed by atoms with Crippen LogP contribution in [0.2, 0.25) is 5.02 Å². The number of nitrogens with one attached hydrogen (secondary N) is 2. The lowest BCUT2D eigenvalue weighted by atomic mass is 10.1. The largest absolute Gasteiger partial charge is 0.360 e. The predicted molar refractivity (Wildman–Crippen MR) is 131 cm³/mol. The third-order valence-corrected chi connectivity index (χ3v) is 5.75. The highest BCUT2D eigenvalue weighted by Crippen LogP contribution is 2.29. The summed E-state index contributed by atoms with van der Waals surface area (Å²) in [5.74, 6) is 0. The summed E-state index contributed by atoms with van der Waals surface area (Å²) >= 11 is 6.07. The summed E-state index contributed by atoms with van der Waals surface area (Å²) in [4.78, 5) is 11.5. The van der Waals surface area contributed by atoms with E-state index in [1.807, 2.05) is 30.6 Å². The van der Waals surface area contributed by atoms with Crippen LogP contribution >= 0.6 is 11.6 Å². The Morgan fingerprint density at radius 3 is 2.23 bits per heavy atom. The van der Waals surface area contributed by atoms with E-state index in [1.165, 1.54) is 51.4 Å². The number of aromatic amines is 2. The molecule has 30 heavy (non-hydrogen) atoms. The second-order valence-corrected chi connectivity index (χ2v) is 8.40. The molecule has 0 unspecified atom stereocenters. The Morgan fingerprint density at radius 2 is 1.57 bits per heavy atom. The van der Waals surface area contributed by atoms with Crippen molar-refractivity contribution in [1.82, 2.24) is 9.97 Å². The van der Waals surface area contributed by atoms with Crippen molar-refractivity contribution in [2.75, 3.05) is 6.54 Å². The zero-order chi connectivity index (χ0) is 21.0. The van der Waals surface area contributed by atoms with Crippen molar-refractivity contribution in [1.29, 1.82) is 0 Å². The van der Waals surface area contributed by atoms with Crippen LogP contribution in [-0.4, -0.2) is 22.7 Å². The van der Waals surface area contributed by atoms with Crippen LogP contribution in [0, 0.1) is 0 Å². The Hall–Kier alpha value is -2.26. The predicted octanol–water partition coefficient (Wildman–Crippen LogP) is 8.28. The van der Waals surface area contributed by atoms with Crippen LogP contribution in [0.1, 0.15) is 70.4 Å². The highest BCUT2D eigenvalue weighted by Gasteiger charge is 2.10. The lowest BCUT2D eigenvalue weighted by Crippen LogP contribution is -1.89. The van der Waals surface area contributed by atoms with Gasteiger partial charge in [-0.05, 0) is 42.3 Å². The first-order valence-electron chi connectivity index (χ1n) is 11.4. The molecule has 0 bridgehead atoms. The van der Waals surface area contributed by atoms with Crippen LogP contribution in [-0.2, 0) is 0 Å². The summed E-state index contributed by atoms with van der Waals surface area (Å²) in [6, 6.07) is 14.2. The van der Waals surface area contributed by atoms with Crippen LogP contribution < -0.4 is 0 Å². The lowest BCUT2D eigenvalue weighted by molar-refractivity contribution is 0.567. The molecule has 1 aromatic carbocycles. The fourth-order valence-electron chi connectivity index (χ4n) is 3.75. The van der Waals surface area contributed by atoms with Gasteiger partial charge in [-0.1, -0.05) is 82.0 Å². The Balaban J connectivity index is 1.53. The molecule has 2 heterocycles. The molecule has 0 saturated heterocycles. The van der Waals surface area contributed by atoms with Gasteiger partial charge in [0.15, 0.2) is 0 Å². The van der Waals surface area contributed by atoms with E-state index in [4.69, 9.17) is 16.6 Å². The number of nitrogens with zero attached hydrogens (tertiary/aromatic N) is 1. The molecule has 3 rings (SSSR count). The number of aromatic nitrogens is 2. The molecule has 0 aliphatic rings. The molecule has 2 N–H and O–H groups in total. The van der Waals surface area contributed by atoms with Gasteiger partial charge in [0.2, 0.25) is 0 Å². The second-order valence-electron chi connectivity index (χ2n) is 7.96. The van der Waals surface area contributed by atoms with E-state index in [-0.39, 0.29) is 0 Å². The molecule has 0 atom stereocenters. The lowest BCUT2D eigenvalue weighted by Gasteiger charge is -2.01. The summed E-state index contributed by atoms with van der Waals surface area (Å²) in [6.45, 7) is 3.15. The molecule has 2 aromatic heterocycles. The molecule has 0 spiro atoms. The number of unbranched alkanes of at least 4 members (excludes halogenated alkanes) is 8. The molecule has 0 radical (unpaired) electrons. The number of hydrogen-bond acceptors (Lipinski definition) is 1. The smallest absolute Gasteiger partial charge is 0.0646 e. The van der Waals surface area contributed by atoms with Gasteiger partial charge < -0.3 is 9.97 Å². The van der Waals surface area contributed by atoms with Gasteiger partial charge in [-0.25, -0.2) is 0 Å². The van der Waals surface area contributed by atoms with E-state index in [2.05, 4.69) is 41.2 Å². The number of H-pyrrole nitrogens is 2. The fourth-order valence-corrected chi connectivity index (χ4v) is 3.88. The molecule has 0 aliphatic heterocycles. The van der Waals surface area contributed by atoms with E-state index in [1.54, 1.807) is 0 Å². The summed E-state index contributed by atoms with van der Waals surface area (Å²) in [5.41, 5.74) is 5.46. The molecular weight excluding hydrogens is 390 g/mol. The van der Waals surface area contributed by atoms with Crippen molar-refractivity contribution in [2.45, 2.75) is 64.7 Å². The van der Waals surface area contributed by atoms with Crippen LogP contribution in [0.5, 0.6) is 0 Å². The van der Waals surface area contributed by atoms with Crippen LogP contribution in [0.25, 0.3) is 22.5 Å². The normalized spacial score (nSPS) is 11.5. The van der Waals surface area contributed by atoms with Gasteiger partial charge in [0, 0.05) is 29.5 Å². The highest BCUT2D eigenvalue weighted by molar-refractivity contribution is 6.30. The number of hydrogen-bond donors (Lipinski definition) is 2. The quantitative estimate of drug-likeness (QED) is 0.205. The third-order valence-electron chi connectivity index (χ3n) is 5.50. The SMILES string of the molecule is CCCCCCCCCCCN=Cc1[nH]c(-c2ccc[nH]2)cc1-c1ccc(Cl)cc1. The second kappa shape index (κ2) is 12.4. The third kappa shape index (κ3) is 6.91. The maximum Gasteiger partial charge on any atom is 0.0646 e. The maximum atomic E-state index is 6.07. The molecule has 0 saturated carbocycles. The number of halogens is 1. The molecule has 0 amide bonds. The molecule has 0 fully saturated rings. The number of rotatable bonds is 13. The summed E-state index contributed by atoms with van der Waals surface area (Å²) < 4.78 is 0. The van der Waals surface area contributed by atoms with E-state index in [9.17, 15) is 0 Å². The molecule has 160 valence electrons. The average molecular weight is 424 g/mol. The summed E-state index contributed by atoms with van der Waals surface area (Å²) in [5, 5.41) is 0.749. The molecule has 3 aromatic rings. The Kier molecular flexibility index (Phi) is 9.30. The van der Waals surface area contributed by atoms with Crippen molar-refractivity contribution in [3.8, 4) is 22.5 Å². The van der Waals surface area contributed by atoms with E-state index >= 15 is 0 Å². The monoisotopic (exact) mass is 423 g/mol. The molecular formula is C26H34ClN3. The standard InChI is InChI=1S/C26H34ClN3/c1-2-3-4-5-6-7-8-9-10-17-28-20-26-23(21-13-15-22(27)16-14-21)19-25(30-26)24-12-11-18-29-24/h11-16,18-20,29-30H,2-10,17H2,1H3. The Morgan fingerprint density at radius 1 is 0.867 bits per heavy atom. The van der Waals surface area contributed by atoms with E-state index in [0.29, 0.717) is 0 Å². The minimum atomic E-state index is 0.749. The first kappa shape index (κ1) is 22.4. The van der Waals surface area contributed by atoms with Crippen LogP contribution in [0.15, 0.2) is 53.7 Å². The maximum absolute atomic E-state index is 6.07. The van der Waals surface area contributed by atoms with E-state index in [0.717, 1.165) is 46.2 Å². The molecule has 4 heteroatoms. The van der Waals surface area contributed by atoms with Gasteiger partial charge in [-0.3, -0.25) is 4.99 Å². The zero-order valence-corrected chi connectivity index (χ0v) is 18.8. The zero-order valence-electron chi connectivity index (χ0n) is 18.1. The van der Waals surface area contributed by atoms with Gasteiger partial charge >= 0.3 is 0 Å². The topological polar surface area (TPSA) is 43.9 Å². The number of aliphatic imine (C=N–C) groups is 1. The van der Waals surface area contributed by atoms with Crippen molar-refractivity contribution in [3.05, 3.63) is 59.4 Å². The van der Waals surface area contributed by atoms with Gasteiger partial charge in [-0.15, -0.1) is 0 Å². The minimum Gasteiger partial charge on any atom is -0.360 e.